The van der Waals surface area contributed by atoms with Gasteiger partial charge in [-0.1, -0.05) is 35.9 Å². The van der Waals surface area contributed by atoms with Gasteiger partial charge in [0.25, 0.3) is 0 Å². The molecule has 146 valence electrons. The summed E-state index contributed by atoms with van der Waals surface area (Å²) in [4.78, 5) is 0. The summed E-state index contributed by atoms with van der Waals surface area (Å²) in [7, 11) is 0. The summed E-state index contributed by atoms with van der Waals surface area (Å²) < 4.78 is 41.3. The minimum atomic E-state index is -4.45. The van der Waals surface area contributed by atoms with Gasteiger partial charge in [-0.15, -0.1) is 0 Å². The molecule has 0 bridgehead atoms. The van der Waals surface area contributed by atoms with Crippen molar-refractivity contribution in [3.05, 3.63) is 64.2 Å². The van der Waals surface area contributed by atoms with Crippen molar-refractivity contribution < 1.29 is 13.2 Å². The molecule has 1 N–H and O–H groups in total. The molecule has 2 heterocycles. The molecule has 1 aliphatic rings. The van der Waals surface area contributed by atoms with Crippen LogP contribution in [0, 0.1) is 6.92 Å². The Balaban J connectivity index is 1.95. The highest BCUT2D eigenvalue weighted by Crippen LogP contribution is 2.38. The van der Waals surface area contributed by atoms with Crippen LogP contribution in [0.15, 0.2) is 42.5 Å². The molecule has 0 fully saturated rings. The smallest absolute Gasteiger partial charge is 0.370 e. The number of hydrogen-bond acceptors (Lipinski definition) is 2. The Morgan fingerprint density at radius 3 is 2.64 bits per heavy atom. The molecular formula is C21H19ClF3N3. The van der Waals surface area contributed by atoms with Crippen LogP contribution in [0.25, 0.3) is 16.9 Å². The van der Waals surface area contributed by atoms with Gasteiger partial charge in [0.2, 0.25) is 0 Å². The van der Waals surface area contributed by atoms with E-state index in [1.165, 1.54) is 10.7 Å². The molecule has 0 atom stereocenters. The van der Waals surface area contributed by atoms with E-state index in [9.17, 15) is 13.2 Å². The molecule has 0 unspecified atom stereocenters. The maximum absolute atomic E-state index is 13.3. The SMILES string of the molecule is Cc1ccccc1-c1nn(-c2cc(C(F)(F)F)ccc2Cl)c2c1CCCCN2. The van der Waals surface area contributed by atoms with Crippen molar-refractivity contribution in [2.45, 2.75) is 32.4 Å². The molecule has 1 aromatic heterocycles. The fourth-order valence-electron chi connectivity index (χ4n) is 3.58. The molecule has 2 aromatic carbocycles. The lowest BCUT2D eigenvalue weighted by Crippen LogP contribution is -2.10. The second-order valence-electron chi connectivity index (χ2n) is 6.95. The Bertz CT molecular complexity index is 1020. The van der Waals surface area contributed by atoms with Crippen LogP contribution in [0.5, 0.6) is 0 Å². The molecule has 0 radical (unpaired) electrons. The molecular weight excluding hydrogens is 387 g/mol. The molecule has 0 saturated carbocycles. The zero-order valence-corrected chi connectivity index (χ0v) is 16.0. The van der Waals surface area contributed by atoms with Crippen molar-refractivity contribution in [2.75, 3.05) is 11.9 Å². The number of anilines is 1. The van der Waals surface area contributed by atoms with Gasteiger partial charge >= 0.3 is 6.18 Å². The van der Waals surface area contributed by atoms with E-state index < -0.39 is 11.7 Å². The van der Waals surface area contributed by atoms with Gasteiger partial charge < -0.3 is 5.32 Å². The Hall–Kier alpha value is -2.47. The lowest BCUT2D eigenvalue weighted by Gasteiger charge is -2.13. The van der Waals surface area contributed by atoms with Gasteiger partial charge in [-0.25, -0.2) is 4.68 Å². The summed E-state index contributed by atoms with van der Waals surface area (Å²) in [5.41, 5.74) is 3.32. The van der Waals surface area contributed by atoms with Crippen LogP contribution < -0.4 is 5.32 Å². The third kappa shape index (κ3) is 3.37. The number of nitrogens with zero attached hydrogens (tertiary/aromatic N) is 2. The number of halogens is 4. The van der Waals surface area contributed by atoms with Crippen molar-refractivity contribution in [1.82, 2.24) is 9.78 Å². The zero-order valence-electron chi connectivity index (χ0n) is 15.3. The maximum Gasteiger partial charge on any atom is 0.416 e. The van der Waals surface area contributed by atoms with Gasteiger partial charge in [0.05, 0.1) is 22.0 Å². The molecule has 1 aliphatic heterocycles. The summed E-state index contributed by atoms with van der Waals surface area (Å²) in [6.07, 6.45) is -1.67. The van der Waals surface area contributed by atoms with E-state index in [1.54, 1.807) is 0 Å². The molecule has 0 spiro atoms. The minimum Gasteiger partial charge on any atom is -0.370 e. The van der Waals surface area contributed by atoms with Gasteiger partial charge in [0, 0.05) is 17.7 Å². The minimum absolute atomic E-state index is 0.223. The topological polar surface area (TPSA) is 29.9 Å². The first kappa shape index (κ1) is 18.9. The molecule has 0 aliphatic carbocycles. The molecule has 3 aromatic rings. The number of hydrogen-bond donors (Lipinski definition) is 1. The normalized spacial score (nSPS) is 14.3. The molecule has 3 nitrogen and oxygen atoms in total. The quantitative estimate of drug-likeness (QED) is 0.544. The Morgan fingerprint density at radius 1 is 1.11 bits per heavy atom. The number of rotatable bonds is 2. The number of nitrogens with one attached hydrogen (secondary N) is 1. The summed E-state index contributed by atoms with van der Waals surface area (Å²) in [6, 6.07) is 11.2. The van der Waals surface area contributed by atoms with Gasteiger partial charge in [-0.05, 0) is 49.9 Å². The third-order valence-electron chi connectivity index (χ3n) is 5.03. The second kappa shape index (κ2) is 7.17. The van der Waals surface area contributed by atoms with Crippen LogP contribution in [-0.2, 0) is 12.6 Å². The number of fused-ring (bicyclic) bond motifs is 1. The first-order valence-electron chi connectivity index (χ1n) is 9.15. The second-order valence-corrected chi connectivity index (χ2v) is 7.36. The Morgan fingerprint density at radius 2 is 1.89 bits per heavy atom. The molecule has 4 rings (SSSR count). The van der Waals surface area contributed by atoms with Gasteiger partial charge in [0.1, 0.15) is 5.82 Å². The maximum atomic E-state index is 13.3. The monoisotopic (exact) mass is 405 g/mol. The van der Waals surface area contributed by atoms with Crippen LogP contribution in [0.4, 0.5) is 19.0 Å². The number of aromatic nitrogens is 2. The van der Waals surface area contributed by atoms with E-state index in [-0.39, 0.29) is 10.7 Å². The standard InChI is InChI=1S/C21H19ClF3N3/c1-13-6-2-3-7-15(13)19-16-8-4-5-11-26-20(16)28(27-19)18-12-14(21(23,24)25)9-10-17(18)22/h2-3,6-7,9-10,12,26H,4-5,8,11H2,1H3. The van der Waals surface area contributed by atoms with E-state index in [1.807, 2.05) is 31.2 Å². The van der Waals surface area contributed by atoms with Crippen molar-refractivity contribution >= 4 is 17.4 Å². The molecule has 0 saturated heterocycles. The number of alkyl halides is 3. The van der Waals surface area contributed by atoms with E-state index in [2.05, 4.69) is 5.32 Å². The van der Waals surface area contributed by atoms with E-state index in [0.29, 0.717) is 0 Å². The molecule has 0 amide bonds. The highest BCUT2D eigenvalue weighted by molar-refractivity contribution is 6.32. The lowest BCUT2D eigenvalue weighted by atomic mass is 10.00. The predicted molar refractivity (Wildman–Crippen MR) is 105 cm³/mol. The van der Waals surface area contributed by atoms with E-state index >= 15 is 0 Å². The van der Waals surface area contributed by atoms with E-state index in [0.717, 1.165) is 66.1 Å². The number of benzene rings is 2. The predicted octanol–water partition coefficient (Wildman–Crippen LogP) is 6.27. The van der Waals surface area contributed by atoms with Gasteiger partial charge in [-0.3, -0.25) is 0 Å². The van der Waals surface area contributed by atoms with Gasteiger partial charge in [0.15, 0.2) is 0 Å². The van der Waals surface area contributed by atoms with Crippen molar-refractivity contribution in [3.63, 3.8) is 0 Å². The van der Waals surface area contributed by atoms with E-state index in [4.69, 9.17) is 16.7 Å². The van der Waals surface area contributed by atoms with Gasteiger partial charge in [-0.2, -0.15) is 18.3 Å². The van der Waals surface area contributed by atoms with Crippen LogP contribution in [0.2, 0.25) is 5.02 Å². The fourth-order valence-corrected chi connectivity index (χ4v) is 3.78. The average molecular weight is 406 g/mol. The first-order chi connectivity index (χ1) is 13.4. The fraction of sp³-hybridized carbons (Fsp3) is 0.286. The molecule has 7 heteroatoms. The zero-order chi connectivity index (χ0) is 19.9. The van der Waals surface area contributed by atoms with Crippen LogP contribution in [-0.4, -0.2) is 16.3 Å². The lowest BCUT2D eigenvalue weighted by molar-refractivity contribution is -0.137. The summed E-state index contributed by atoms with van der Waals surface area (Å²) in [5, 5.41) is 8.29. The van der Waals surface area contributed by atoms with Crippen molar-refractivity contribution in [3.8, 4) is 16.9 Å². The molecule has 28 heavy (non-hydrogen) atoms. The van der Waals surface area contributed by atoms with Crippen molar-refractivity contribution in [2.24, 2.45) is 0 Å². The first-order valence-corrected chi connectivity index (χ1v) is 9.53. The highest BCUT2D eigenvalue weighted by Gasteiger charge is 2.32. The number of aryl methyl sites for hydroxylation is 1. The van der Waals surface area contributed by atoms with Crippen LogP contribution in [0.3, 0.4) is 0 Å². The highest BCUT2D eigenvalue weighted by atomic mass is 35.5. The Kier molecular flexibility index (Phi) is 4.83. The largest absolute Gasteiger partial charge is 0.416 e. The Labute approximate surface area is 166 Å². The summed E-state index contributed by atoms with van der Waals surface area (Å²) in [6.45, 7) is 2.74. The summed E-state index contributed by atoms with van der Waals surface area (Å²) >= 11 is 6.29. The van der Waals surface area contributed by atoms with Crippen LogP contribution >= 0.6 is 11.6 Å². The average Bonchev–Trinajstić information content (AvgIpc) is 2.83. The summed E-state index contributed by atoms with van der Waals surface area (Å²) in [5.74, 6) is 0.719. The third-order valence-corrected chi connectivity index (χ3v) is 5.35. The van der Waals surface area contributed by atoms with Crippen molar-refractivity contribution in [1.29, 1.82) is 0 Å². The van der Waals surface area contributed by atoms with Crippen LogP contribution in [0.1, 0.15) is 29.5 Å².